The topological polar surface area (TPSA) is 77.1 Å². The minimum atomic E-state index is -0.364. The van der Waals surface area contributed by atoms with Crippen molar-refractivity contribution in [2.75, 3.05) is 38.7 Å². The molecule has 7 nitrogen and oxygen atoms in total. The number of benzene rings is 1. The van der Waals surface area contributed by atoms with E-state index >= 15 is 0 Å². The lowest BCUT2D eigenvalue weighted by molar-refractivity contribution is -0.117. The van der Waals surface area contributed by atoms with Gasteiger partial charge in [0.2, 0.25) is 5.91 Å². The molecule has 1 aliphatic rings. The summed E-state index contributed by atoms with van der Waals surface area (Å²) in [5.74, 6) is 0.940. The highest BCUT2D eigenvalue weighted by Gasteiger charge is 2.23. The second kappa shape index (κ2) is 9.07. The summed E-state index contributed by atoms with van der Waals surface area (Å²) in [5, 5.41) is 3.47. The lowest BCUT2D eigenvalue weighted by Crippen LogP contribution is -2.42. The van der Waals surface area contributed by atoms with Crippen LogP contribution in [0.25, 0.3) is 0 Å². The molecule has 0 bridgehead atoms. The molecule has 0 spiro atoms. The van der Waals surface area contributed by atoms with E-state index in [2.05, 4.69) is 5.32 Å². The SMILES string of the molecule is CCOC(=O)c1sc(NC(=O)CN(C)C[C@H]2COc3ccccc3O2)cc1C. The normalized spacial score (nSPS) is 15.4. The molecule has 150 valence electrons. The van der Waals surface area contributed by atoms with Crippen molar-refractivity contribution >= 4 is 28.2 Å². The van der Waals surface area contributed by atoms with Gasteiger partial charge in [0, 0.05) is 6.54 Å². The number of ether oxygens (including phenoxy) is 3. The van der Waals surface area contributed by atoms with Crippen LogP contribution in [-0.2, 0) is 9.53 Å². The van der Waals surface area contributed by atoms with Gasteiger partial charge in [0.15, 0.2) is 11.5 Å². The number of anilines is 1. The molecule has 0 radical (unpaired) electrons. The summed E-state index contributed by atoms with van der Waals surface area (Å²) in [4.78, 5) is 26.6. The predicted octanol–water partition coefficient (Wildman–Crippen LogP) is 2.94. The molecule has 2 aromatic rings. The molecule has 0 aliphatic carbocycles. The Kier molecular flexibility index (Phi) is 6.53. The summed E-state index contributed by atoms with van der Waals surface area (Å²) < 4.78 is 16.7. The zero-order valence-corrected chi connectivity index (χ0v) is 17.0. The number of thiophene rings is 1. The van der Waals surface area contributed by atoms with Gasteiger partial charge < -0.3 is 19.5 Å². The van der Waals surface area contributed by atoms with Crippen molar-refractivity contribution in [1.29, 1.82) is 0 Å². The zero-order valence-electron chi connectivity index (χ0n) is 16.2. The number of fused-ring (bicyclic) bond motifs is 1. The van der Waals surface area contributed by atoms with Crippen molar-refractivity contribution in [2.45, 2.75) is 20.0 Å². The number of nitrogens with zero attached hydrogens (tertiary/aromatic N) is 1. The summed E-state index contributed by atoms with van der Waals surface area (Å²) in [6.45, 7) is 5.10. The van der Waals surface area contributed by atoms with Crippen molar-refractivity contribution in [2.24, 2.45) is 0 Å². The molecule has 2 heterocycles. The van der Waals surface area contributed by atoms with E-state index in [1.54, 1.807) is 13.0 Å². The largest absolute Gasteiger partial charge is 0.486 e. The van der Waals surface area contributed by atoms with Gasteiger partial charge >= 0.3 is 5.97 Å². The molecule has 28 heavy (non-hydrogen) atoms. The molecule has 1 aromatic heterocycles. The highest BCUT2D eigenvalue weighted by atomic mass is 32.1. The number of esters is 1. The van der Waals surface area contributed by atoms with Crippen LogP contribution in [0.15, 0.2) is 30.3 Å². The average molecular weight is 404 g/mol. The number of carbonyl (C=O) groups is 2. The summed E-state index contributed by atoms with van der Waals surface area (Å²) in [6, 6.07) is 9.32. The van der Waals surface area contributed by atoms with E-state index in [9.17, 15) is 9.59 Å². The van der Waals surface area contributed by atoms with Crippen LogP contribution in [0.5, 0.6) is 11.5 Å². The number of aryl methyl sites for hydroxylation is 1. The minimum absolute atomic E-state index is 0.146. The number of hydrogen-bond acceptors (Lipinski definition) is 7. The number of nitrogens with one attached hydrogen (secondary N) is 1. The van der Waals surface area contributed by atoms with E-state index in [1.807, 2.05) is 43.1 Å². The smallest absolute Gasteiger partial charge is 0.348 e. The van der Waals surface area contributed by atoms with Crippen LogP contribution in [-0.4, -0.2) is 56.2 Å². The number of carbonyl (C=O) groups excluding carboxylic acids is 2. The third-order valence-corrected chi connectivity index (χ3v) is 5.27. The van der Waals surface area contributed by atoms with Crippen LogP contribution in [0.3, 0.4) is 0 Å². The summed E-state index contributed by atoms with van der Waals surface area (Å²) in [7, 11) is 1.85. The molecule has 0 saturated heterocycles. The molecule has 0 saturated carbocycles. The maximum Gasteiger partial charge on any atom is 0.348 e. The van der Waals surface area contributed by atoms with E-state index < -0.39 is 0 Å². The van der Waals surface area contributed by atoms with Gasteiger partial charge in [-0.1, -0.05) is 12.1 Å². The Morgan fingerprint density at radius 1 is 1.32 bits per heavy atom. The van der Waals surface area contributed by atoms with Crippen LogP contribution in [0.1, 0.15) is 22.2 Å². The Morgan fingerprint density at radius 2 is 2.07 bits per heavy atom. The fraction of sp³-hybridized carbons (Fsp3) is 0.400. The first-order valence-electron chi connectivity index (χ1n) is 9.10. The fourth-order valence-corrected chi connectivity index (χ4v) is 3.91. The summed E-state index contributed by atoms with van der Waals surface area (Å²) in [6.07, 6.45) is -0.146. The molecule has 1 aromatic carbocycles. The maximum absolute atomic E-state index is 12.3. The van der Waals surface area contributed by atoms with Gasteiger partial charge in [-0.3, -0.25) is 9.69 Å². The van der Waals surface area contributed by atoms with Crippen molar-refractivity contribution in [3.05, 3.63) is 40.8 Å². The maximum atomic E-state index is 12.3. The molecule has 1 amide bonds. The summed E-state index contributed by atoms with van der Waals surface area (Å²) in [5.41, 5.74) is 0.790. The first-order valence-corrected chi connectivity index (χ1v) is 9.92. The van der Waals surface area contributed by atoms with Crippen LogP contribution < -0.4 is 14.8 Å². The standard InChI is InChI=1S/C20H24N2O5S/c1-4-25-20(24)19-13(2)9-18(28-19)21-17(23)11-22(3)10-14-12-26-15-7-5-6-8-16(15)27-14/h5-9,14H,4,10-12H2,1-3H3,(H,21,23)/t14-/m0/s1. The van der Waals surface area contributed by atoms with Crippen LogP contribution in [0.4, 0.5) is 5.00 Å². The van der Waals surface area contributed by atoms with Crippen LogP contribution >= 0.6 is 11.3 Å². The Bertz CT molecular complexity index is 851. The Labute approximate surface area is 168 Å². The second-order valence-corrected chi connectivity index (χ2v) is 7.64. The number of hydrogen-bond donors (Lipinski definition) is 1. The fourth-order valence-electron chi connectivity index (χ4n) is 2.93. The van der Waals surface area contributed by atoms with Gasteiger partial charge in [-0.2, -0.15) is 0 Å². The van der Waals surface area contributed by atoms with Gasteiger partial charge in [0.1, 0.15) is 17.6 Å². The highest BCUT2D eigenvalue weighted by molar-refractivity contribution is 7.18. The third kappa shape index (κ3) is 5.02. The lowest BCUT2D eigenvalue weighted by Gasteiger charge is -2.29. The molecule has 8 heteroatoms. The van der Waals surface area contributed by atoms with Gasteiger partial charge in [0.25, 0.3) is 0 Å². The highest BCUT2D eigenvalue weighted by Crippen LogP contribution is 2.31. The molecule has 3 rings (SSSR count). The molecule has 0 fully saturated rings. The first kappa shape index (κ1) is 20.2. The van der Waals surface area contributed by atoms with E-state index in [0.717, 1.165) is 17.1 Å². The zero-order chi connectivity index (χ0) is 20.1. The number of amides is 1. The van der Waals surface area contributed by atoms with E-state index in [-0.39, 0.29) is 24.5 Å². The number of para-hydroxylation sites is 2. The summed E-state index contributed by atoms with van der Waals surface area (Å²) >= 11 is 1.22. The van der Waals surface area contributed by atoms with Gasteiger partial charge in [-0.05, 0) is 44.7 Å². The van der Waals surface area contributed by atoms with E-state index in [0.29, 0.717) is 29.6 Å². The Hall–Kier alpha value is -2.58. The molecule has 1 atom stereocenters. The lowest BCUT2D eigenvalue weighted by atomic mass is 10.2. The van der Waals surface area contributed by atoms with E-state index in [1.165, 1.54) is 11.3 Å². The number of likely N-dealkylation sites (N-methyl/N-ethyl adjacent to an activating group) is 1. The molecular weight excluding hydrogens is 380 g/mol. The number of rotatable bonds is 7. The second-order valence-electron chi connectivity index (χ2n) is 6.59. The monoisotopic (exact) mass is 404 g/mol. The molecule has 1 N–H and O–H groups in total. The van der Waals surface area contributed by atoms with Crippen LogP contribution in [0.2, 0.25) is 0 Å². The molecule has 0 unspecified atom stereocenters. The van der Waals surface area contributed by atoms with Gasteiger partial charge in [0.05, 0.1) is 18.2 Å². The Morgan fingerprint density at radius 3 is 2.82 bits per heavy atom. The van der Waals surface area contributed by atoms with E-state index in [4.69, 9.17) is 14.2 Å². The average Bonchev–Trinajstić information content (AvgIpc) is 3.01. The van der Waals surface area contributed by atoms with Crippen molar-refractivity contribution in [3.8, 4) is 11.5 Å². The van der Waals surface area contributed by atoms with Gasteiger partial charge in [-0.15, -0.1) is 11.3 Å². The Balaban J connectivity index is 1.50. The third-order valence-electron chi connectivity index (χ3n) is 4.14. The quantitative estimate of drug-likeness (QED) is 0.715. The molecule has 1 aliphatic heterocycles. The van der Waals surface area contributed by atoms with Crippen molar-refractivity contribution in [3.63, 3.8) is 0 Å². The van der Waals surface area contributed by atoms with Crippen molar-refractivity contribution in [1.82, 2.24) is 4.90 Å². The van der Waals surface area contributed by atoms with Crippen molar-refractivity contribution < 1.29 is 23.8 Å². The molecular formula is C20H24N2O5S. The predicted molar refractivity (Wildman–Crippen MR) is 107 cm³/mol. The van der Waals surface area contributed by atoms with Crippen LogP contribution in [0, 0.1) is 6.92 Å². The first-order chi connectivity index (χ1) is 13.5. The van der Waals surface area contributed by atoms with Gasteiger partial charge in [-0.25, -0.2) is 4.79 Å². The minimum Gasteiger partial charge on any atom is -0.486 e.